The van der Waals surface area contributed by atoms with E-state index in [4.69, 9.17) is 23.8 Å². The molecule has 0 radical (unpaired) electrons. The number of para-hydroxylation sites is 1. The molecule has 1 aromatic heterocycles. The average Bonchev–Trinajstić information content (AvgIpc) is 3.12. The number of benzene rings is 2. The van der Waals surface area contributed by atoms with Crippen molar-refractivity contribution in [3.05, 3.63) is 81.6 Å². The van der Waals surface area contributed by atoms with Crippen molar-refractivity contribution in [1.82, 2.24) is 14.7 Å². The summed E-state index contributed by atoms with van der Waals surface area (Å²) in [6.45, 7) is 0.519. The van der Waals surface area contributed by atoms with Gasteiger partial charge in [-0.05, 0) is 30.4 Å². The van der Waals surface area contributed by atoms with Gasteiger partial charge in [-0.15, -0.1) is 0 Å². The van der Waals surface area contributed by atoms with Crippen molar-refractivity contribution >= 4 is 40.3 Å². The molecule has 3 aromatic rings. The van der Waals surface area contributed by atoms with Gasteiger partial charge in [-0.2, -0.15) is 5.10 Å². The van der Waals surface area contributed by atoms with Crippen LogP contribution in [0.4, 0.5) is 11.4 Å². The average molecular weight is 402 g/mol. The quantitative estimate of drug-likeness (QED) is 0.391. The third-order valence-electron chi connectivity index (χ3n) is 3.83. The van der Waals surface area contributed by atoms with Gasteiger partial charge in [0.2, 0.25) is 0 Å². The van der Waals surface area contributed by atoms with Gasteiger partial charge in [0.05, 0.1) is 27.5 Å². The highest BCUT2D eigenvalue weighted by Gasteiger charge is 2.13. The van der Waals surface area contributed by atoms with Crippen molar-refractivity contribution < 1.29 is 4.92 Å². The number of nitrogens with zero attached hydrogens (tertiary/aromatic N) is 4. The van der Waals surface area contributed by atoms with Crippen LogP contribution in [0.25, 0.3) is 5.69 Å². The van der Waals surface area contributed by atoms with E-state index in [1.54, 1.807) is 15.8 Å². The molecule has 1 heterocycles. The molecule has 2 aromatic carbocycles. The number of hydrogen-bond acceptors (Lipinski definition) is 4. The lowest BCUT2D eigenvalue weighted by atomic mass is 10.3. The van der Waals surface area contributed by atoms with Crippen LogP contribution in [0.2, 0.25) is 5.02 Å². The number of anilines is 1. The number of halogens is 1. The first kappa shape index (κ1) is 18.8. The van der Waals surface area contributed by atoms with E-state index in [2.05, 4.69) is 10.4 Å². The third kappa shape index (κ3) is 4.60. The van der Waals surface area contributed by atoms with E-state index < -0.39 is 4.92 Å². The number of thiocarbonyl (C=S) groups is 1. The minimum absolute atomic E-state index is 0.0588. The monoisotopic (exact) mass is 401 g/mol. The fourth-order valence-corrected chi connectivity index (χ4v) is 2.78. The summed E-state index contributed by atoms with van der Waals surface area (Å²) in [5.41, 5.74) is 2.27. The fourth-order valence-electron chi connectivity index (χ4n) is 2.44. The Labute approximate surface area is 166 Å². The van der Waals surface area contributed by atoms with Crippen molar-refractivity contribution in [2.24, 2.45) is 0 Å². The second kappa shape index (κ2) is 8.15. The minimum Gasteiger partial charge on any atom is -0.348 e. The second-order valence-corrected chi connectivity index (χ2v) is 6.63. The van der Waals surface area contributed by atoms with Crippen LogP contribution in [0.5, 0.6) is 0 Å². The van der Waals surface area contributed by atoms with Crippen LogP contribution in [-0.4, -0.2) is 31.8 Å². The molecule has 0 aliphatic carbocycles. The minimum atomic E-state index is -0.480. The smallest absolute Gasteiger partial charge is 0.271 e. The highest BCUT2D eigenvalue weighted by molar-refractivity contribution is 7.80. The molecule has 0 bridgehead atoms. The molecule has 0 spiro atoms. The number of rotatable bonds is 5. The first-order chi connectivity index (χ1) is 12.9. The van der Waals surface area contributed by atoms with E-state index in [1.165, 1.54) is 18.2 Å². The fraction of sp³-hybridized carbons (Fsp3) is 0.111. The maximum atomic E-state index is 10.9. The van der Waals surface area contributed by atoms with E-state index in [0.717, 1.165) is 11.3 Å². The zero-order valence-corrected chi connectivity index (χ0v) is 15.9. The highest BCUT2D eigenvalue weighted by Crippen LogP contribution is 2.27. The number of nitro groups is 1. The van der Waals surface area contributed by atoms with Crippen LogP contribution in [0, 0.1) is 10.1 Å². The molecule has 27 heavy (non-hydrogen) atoms. The summed E-state index contributed by atoms with van der Waals surface area (Å²) in [6.07, 6.45) is 3.70. The predicted octanol–water partition coefficient (Wildman–Crippen LogP) is 4.26. The third-order valence-corrected chi connectivity index (χ3v) is 4.57. The summed E-state index contributed by atoms with van der Waals surface area (Å²) in [4.78, 5) is 12.2. The van der Waals surface area contributed by atoms with Crippen molar-refractivity contribution in [1.29, 1.82) is 0 Å². The molecule has 0 amide bonds. The maximum Gasteiger partial charge on any atom is 0.271 e. The highest BCUT2D eigenvalue weighted by atomic mass is 35.5. The lowest BCUT2D eigenvalue weighted by Gasteiger charge is -2.20. The molecule has 9 heteroatoms. The summed E-state index contributed by atoms with van der Waals surface area (Å²) < 4.78 is 1.79. The number of hydrogen-bond donors (Lipinski definition) is 1. The SMILES string of the molecule is CN(Cc1cnn(-c2ccccc2)c1)C(=S)Nc1cc([N+](=O)[O-])ccc1Cl. The van der Waals surface area contributed by atoms with Crippen LogP contribution in [0.15, 0.2) is 60.9 Å². The Balaban J connectivity index is 1.67. The Bertz CT molecular complexity index is 977. The number of nitrogens with one attached hydrogen (secondary N) is 1. The topological polar surface area (TPSA) is 76.2 Å². The van der Waals surface area contributed by atoms with Crippen LogP contribution < -0.4 is 5.32 Å². The molecule has 0 aliphatic rings. The summed E-state index contributed by atoms with van der Waals surface area (Å²) in [6, 6.07) is 14.0. The van der Waals surface area contributed by atoms with Gasteiger partial charge in [0.1, 0.15) is 0 Å². The van der Waals surface area contributed by atoms with Crippen molar-refractivity contribution in [2.45, 2.75) is 6.54 Å². The summed E-state index contributed by atoms with van der Waals surface area (Å²) >= 11 is 11.5. The molecule has 0 atom stereocenters. The van der Waals surface area contributed by atoms with Gasteiger partial charge in [-0.3, -0.25) is 10.1 Å². The molecule has 1 N–H and O–H groups in total. The van der Waals surface area contributed by atoms with Crippen LogP contribution in [0.1, 0.15) is 5.56 Å². The largest absolute Gasteiger partial charge is 0.348 e. The summed E-state index contributed by atoms with van der Waals surface area (Å²) in [7, 11) is 1.82. The Morgan fingerprint density at radius 2 is 2.07 bits per heavy atom. The normalized spacial score (nSPS) is 10.4. The number of aromatic nitrogens is 2. The summed E-state index contributed by atoms with van der Waals surface area (Å²) in [5.74, 6) is 0. The van der Waals surface area contributed by atoms with E-state index in [-0.39, 0.29) is 5.69 Å². The van der Waals surface area contributed by atoms with Crippen LogP contribution in [-0.2, 0) is 6.54 Å². The van der Waals surface area contributed by atoms with Crippen LogP contribution >= 0.6 is 23.8 Å². The van der Waals surface area contributed by atoms with Gasteiger partial charge in [-0.25, -0.2) is 4.68 Å². The van der Waals surface area contributed by atoms with Gasteiger partial charge in [0.15, 0.2) is 5.11 Å². The number of nitro benzene ring substituents is 1. The predicted molar refractivity (Wildman–Crippen MR) is 109 cm³/mol. The van der Waals surface area contributed by atoms with Gasteiger partial charge >= 0.3 is 0 Å². The van der Waals surface area contributed by atoms with Crippen molar-refractivity contribution in [3.63, 3.8) is 0 Å². The molecule has 3 rings (SSSR count). The lowest BCUT2D eigenvalue weighted by molar-refractivity contribution is -0.384. The molecule has 0 saturated heterocycles. The molecule has 138 valence electrons. The van der Waals surface area contributed by atoms with Gasteiger partial charge in [-0.1, -0.05) is 29.8 Å². The van der Waals surface area contributed by atoms with Gasteiger partial charge in [0, 0.05) is 37.5 Å². The van der Waals surface area contributed by atoms with Crippen molar-refractivity contribution in [2.75, 3.05) is 12.4 Å². The molecule has 0 saturated carbocycles. The van der Waals surface area contributed by atoms with Crippen LogP contribution in [0.3, 0.4) is 0 Å². The van der Waals surface area contributed by atoms with Gasteiger partial charge < -0.3 is 10.2 Å². The van der Waals surface area contributed by atoms with Crippen molar-refractivity contribution in [3.8, 4) is 5.69 Å². The first-order valence-corrected chi connectivity index (χ1v) is 8.77. The molecule has 0 aliphatic heterocycles. The Morgan fingerprint density at radius 3 is 2.78 bits per heavy atom. The molecular weight excluding hydrogens is 386 g/mol. The Kier molecular flexibility index (Phi) is 5.68. The van der Waals surface area contributed by atoms with E-state index in [0.29, 0.717) is 22.4 Å². The zero-order chi connectivity index (χ0) is 19.4. The molecular formula is C18H16ClN5O2S. The standard InChI is InChI=1S/C18H16ClN5O2S/c1-22(11-13-10-20-23(12-13)14-5-3-2-4-6-14)18(27)21-17-9-15(24(25)26)7-8-16(17)19/h2-10,12H,11H2,1H3,(H,21,27). The molecule has 0 unspecified atom stereocenters. The Hall–Kier alpha value is -2.97. The Morgan fingerprint density at radius 1 is 1.33 bits per heavy atom. The maximum absolute atomic E-state index is 10.9. The van der Waals surface area contributed by atoms with E-state index in [1.807, 2.05) is 43.6 Å². The number of non-ortho nitro benzene ring substituents is 1. The van der Waals surface area contributed by atoms with E-state index >= 15 is 0 Å². The van der Waals surface area contributed by atoms with Gasteiger partial charge in [0.25, 0.3) is 5.69 Å². The second-order valence-electron chi connectivity index (χ2n) is 5.84. The van der Waals surface area contributed by atoms with E-state index in [9.17, 15) is 10.1 Å². The lowest BCUT2D eigenvalue weighted by Crippen LogP contribution is -2.30. The molecule has 0 fully saturated rings. The summed E-state index contributed by atoms with van der Waals surface area (Å²) in [5, 5.41) is 19.0. The molecule has 7 nitrogen and oxygen atoms in total. The first-order valence-electron chi connectivity index (χ1n) is 7.99. The zero-order valence-electron chi connectivity index (χ0n) is 14.4.